The molecule has 0 aromatic rings. The van der Waals surface area contributed by atoms with Gasteiger partial charge in [-0.25, -0.2) is 0 Å². The summed E-state index contributed by atoms with van der Waals surface area (Å²) >= 11 is 0. The molecule has 0 bridgehead atoms. The average molecular weight is 298 g/mol. The van der Waals surface area contributed by atoms with Crippen LogP contribution in [0.25, 0.3) is 0 Å². The summed E-state index contributed by atoms with van der Waals surface area (Å²) < 4.78 is 0. The standard InChI is InChI=1S/C17H34N2O2/c1-6-13(2)19-11-14(8-7-9-20)10-15(12-19)18-16(21)17(3,4)5/h13-15,20H,6-12H2,1-5H3,(H,18,21). The van der Waals surface area contributed by atoms with Crippen LogP contribution in [0, 0.1) is 11.3 Å². The maximum atomic E-state index is 12.2. The van der Waals surface area contributed by atoms with Gasteiger partial charge in [0.05, 0.1) is 0 Å². The van der Waals surface area contributed by atoms with Crippen LogP contribution in [0.3, 0.4) is 0 Å². The smallest absolute Gasteiger partial charge is 0.225 e. The first-order valence-corrected chi connectivity index (χ1v) is 8.43. The van der Waals surface area contributed by atoms with Gasteiger partial charge in [0.2, 0.25) is 5.91 Å². The van der Waals surface area contributed by atoms with Crippen molar-refractivity contribution < 1.29 is 9.90 Å². The highest BCUT2D eigenvalue weighted by molar-refractivity contribution is 5.81. The molecule has 21 heavy (non-hydrogen) atoms. The SMILES string of the molecule is CCC(C)N1CC(CCCO)CC(NC(=O)C(C)(C)C)C1. The summed E-state index contributed by atoms with van der Waals surface area (Å²) in [6.45, 7) is 12.7. The summed E-state index contributed by atoms with van der Waals surface area (Å²) in [7, 11) is 0. The van der Waals surface area contributed by atoms with E-state index in [4.69, 9.17) is 5.11 Å². The number of aliphatic hydroxyl groups is 1. The van der Waals surface area contributed by atoms with Gasteiger partial charge >= 0.3 is 0 Å². The Kier molecular flexibility index (Phi) is 7.14. The maximum absolute atomic E-state index is 12.2. The number of carbonyl (C=O) groups excluding carboxylic acids is 1. The summed E-state index contributed by atoms with van der Waals surface area (Å²) in [5, 5.41) is 12.3. The lowest BCUT2D eigenvalue weighted by atomic mass is 9.88. The van der Waals surface area contributed by atoms with Gasteiger partial charge in [0, 0.05) is 37.2 Å². The van der Waals surface area contributed by atoms with Crippen molar-refractivity contribution in [2.24, 2.45) is 11.3 Å². The Hall–Kier alpha value is -0.610. The zero-order valence-electron chi connectivity index (χ0n) is 14.5. The van der Waals surface area contributed by atoms with Gasteiger partial charge in [-0.1, -0.05) is 27.7 Å². The second-order valence-electron chi connectivity index (χ2n) is 7.60. The lowest BCUT2D eigenvalue weighted by Crippen LogP contribution is -2.54. The second-order valence-corrected chi connectivity index (χ2v) is 7.60. The normalized spacial score (nSPS) is 25.6. The molecule has 0 aromatic heterocycles. The lowest BCUT2D eigenvalue weighted by Gasteiger charge is -2.41. The van der Waals surface area contributed by atoms with Crippen LogP contribution in [-0.4, -0.2) is 47.7 Å². The van der Waals surface area contributed by atoms with E-state index in [1.54, 1.807) is 0 Å². The van der Waals surface area contributed by atoms with Crippen LogP contribution >= 0.6 is 0 Å². The van der Waals surface area contributed by atoms with Crippen molar-refractivity contribution in [3.8, 4) is 0 Å². The minimum absolute atomic E-state index is 0.138. The van der Waals surface area contributed by atoms with Crippen molar-refractivity contribution in [3.63, 3.8) is 0 Å². The summed E-state index contributed by atoms with van der Waals surface area (Å²) in [5.41, 5.74) is -0.334. The molecule has 3 atom stereocenters. The largest absolute Gasteiger partial charge is 0.396 e. The van der Waals surface area contributed by atoms with Crippen molar-refractivity contribution in [2.45, 2.75) is 72.4 Å². The van der Waals surface area contributed by atoms with Gasteiger partial charge in [0.1, 0.15) is 0 Å². The number of piperidine rings is 1. The van der Waals surface area contributed by atoms with Gasteiger partial charge in [0.15, 0.2) is 0 Å². The van der Waals surface area contributed by atoms with Crippen LogP contribution < -0.4 is 5.32 Å². The van der Waals surface area contributed by atoms with E-state index >= 15 is 0 Å². The fourth-order valence-electron chi connectivity index (χ4n) is 2.95. The topological polar surface area (TPSA) is 52.6 Å². The van der Waals surface area contributed by atoms with Crippen LogP contribution in [0.5, 0.6) is 0 Å². The summed E-state index contributed by atoms with van der Waals surface area (Å²) in [4.78, 5) is 14.7. The summed E-state index contributed by atoms with van der Waals surface area (Å²) in [6, 6.07) is 0.791. The van der Waals surface area contributed by atoms with Gasteiger partial charge < -0.3 is 10.4 Å². The molecule has 2 N–H and O–H groups in total. The van der Waals surface area contributed by atoms with E-state index in [2.05, 4.69) is 24.1 Å². The van der Waals surface area contributed by atoms with Crippen molar-refractivity contribution in [3.05, 3.63) is 0 Å². The predicted molar refractivity (Wildman–Crippen MR) is 87.1 cm³/mol. The zero-order valence-corrected chi connectivity index (χ0v) is 14.5. The minimum Gasteiger partial charge on any atom is -0.396 e. The number of aliphatic hydroxyl groups excluding tert-OH is 1. The van der Waals surface area contributed by atoms with Gasteiger partial charge in [0.25, 0.3) is 0 Å². The van der Waals surface area contributed by atoms with Crippen LogP contribution in [0.4, 0.5) is 0 Å². The molecule has 4 heteroatoms. The average Bonchev–Trinajstić information content (AvgIpc) is 2.42. The van der Waals surface area contributed by atoms with Gasteiger partial charge in [-0.15, -0.1) is 0 Å². The van der Waals surface area contributed by atoms with E-state index in [9.17, 15) is 4.79 Å². The fourth-order valence-corrected chi connectivity index (χ4v) is 2.95. The first-order valence-electron chi connectivity index (χ1n) is 8.43. The van der Waals surface area contributed by atoms with Crippen LogP contribution in [0.2, 0.25) is 0 Å². The first-order chi connectivity index (χ1) is 9.77. The second kappa shape index (κ2) is 8.14. The van der Waals surface area contributed by atoms with Crippen molar-refractivity contribution in [1.82, 2.24) is 10.2 Å². The Balaban J connectivity index is 2.66. The molecule has 0 radical (unpaired) electrons. The molecule has 1 saturated heterocycles. The molecule has 1 fully saturated rings. The molecule has 1 rings (SSSR count). The van der Waals surface area contributed by atoms with Crippen LogP contribution in [0.15, 0.2) is 0 Å². The van der Waals surface area contributed by atoms with E-state index in [-0.39, 0.29) is 24.0 Å². The molecule has 0 spiro atoms. The number of nitrogens with zero attached hydrogens (tertiary/aromatic N) is 1. The molecule has 0 saturated carbocycles. The molecule has 124 valence electrons. The maximum Gasteiger partial charge on any atom is 0.225 e. The number of rotatable bonds is 6. The van der Waals surface area contributed by atoms with Crippen molar-refractivity contribution in [1.29, 1.82) is 0 Å². The van der Waals surface area contributed by atoms with E-state index in [1.165, 1.54) is 0 Å². The number of carbonyl (C=O) groups is 1. The van der Waals surface area contributed by atoms with E-state index in [0.717, 1.165) is 38.8 Å². The third-order valence-electron chi connectivity index (χ3n) is 4.57. The molecule has 1 aliphatic rings. The highest BCUT2D eigenvalue weighted by Crippen LogP contribution is 2.24. The molecule has 1 heterocycles. The molecule has 4 nitrogen and oxygen atoms in total. The lowest BCUT2D eigenvalue weighted by molar-refractivity contribution is -0.129. The predicted octanol–water partition coefficient (Wildman–Crippen LogP) is 2.41. The van der Waals surface area contributed by atoms with Crippen molar-refractivity contribution >= 4 is 5.91 Å². The van der Waals surface area contributed by atoms with Crippen molar-refractivity contribution in [2.75, 3.05) is 19.7 Å². The van der Waals surface area contributed by atoms with Crippen LogP contribution in [0.1, 0.15) is 60.3 Å². The van der Waals surface area contributed by atoms with Gasteiger partial charge in [-0.05, 0) is 38.5 Å². The molecule has 0 aliphatic carbocycles. The van der Waals surface area contributed by atoms with Crippen LogP contribution in [-0.2, 0) is 4.79 Å². The highest BCUT2D eigenvalue weighted by Gasteiger charge is 2.32. The Bertz CT molecular complexity index is 325. The third-order valence-corrected chi connectivity index (χ3v) is 4.57. The third kappa shape index (κ3) is 5.95. The Morgan fingerprint density at radius 2 is 2.05 bits per heavy atom. The molecule has 1 aliphatic heterocycles. The van der Waals surface area contributed by atoms with Gasteiger partial charge in [-0.3, -0.25) is 9.69 Å². The Morgan fingerprint density at radius 3 is 2.57 bits per heavy atom. The Morgan fingerprint density at radius 1 is 1.38 bits per heavy atom. The number of likely N-dealkylation sites (tertiary alicyclic amines) is 1. The van der Waals surface area contributed by atoms with E-state index < -0.39 is 0 Å². The van der Waals surface area contributed by atoms with Gasteiger partial charge in [-0.2, -0.15) is 0 Å². The fraction of sp³-hybridized carbons (Fsp3) is 0.941. The number of nitrogens with one attached hydrogen (secondary N) is 1. The number of hydrogen-bond donors (Lipinski definition) is 2. The van der Waals surface area contributed by atoms with E-state index in [0.29, 0.717) is 12.0 Å². The van der Waals surface area contributed by atoms with E-state index in [1.807, 2.05) is 20.8 Å². The highest BCUT2D eigenvalue weighted by atomic mass is 16.2. The number of hydrogen-bond acceptors (Lipinski definition) is 3. The quantitative estimate of drug-likeness (QED) is 0.792. The molecule has 3 unspecified atom stereocenters. The Labute approximate surface area is 130 Å². The molecule has 1 amide bonds. The zero-order chi connectivity index (χ0) is 16.0. The first kappa shape index (κ1) is 18.4. The molecule has 0 aromatic carbocycles. The molecular weight excluding hydrogens is 264 g/mol. The number of amides is 1. The molecular formula is C17H34N2O2. The summed E-state index contributed by atoms with van der Waals surface area (Å²) in [5.74, 6) is 0.713. The minimum atomic E-state index is -0.334. The monoisotopic (exact) mass is 298 g/mol. The summed E-state index contributed by atoms with van der Waals surface area (Å²) in [6.07, 6.45) is 4.08.